The topological polar surface area (TPSA) is 73.9 Å². The third-order valence-corrected chi connectivity index (χ3v) is 5.79. The molecule has 1 heterocycles. The fourth-order valence-corrected chi connectivity index (χ4v) is 4.10. The highest BCUT2D eigenvalue weighted by Gasteiger charge is 2.16. The highest BCUT2D eigenvalue weighted by Crippen LogP contribution is 2.24. The number of rotatable bonds is 5. The molecule has 2 aromatic carbocycles. The molecule has 1 saturated heterocycles. The van der Waals surface area contributed by atoms with Crippen molar-refractivity contribution in [3.8, 4) is 0 Å². The Hall–Kier alpha value is -1.64. The molecule has 2 aromatic rings. The van der Waals surface area contributed by atoms with Crippen molar-refractivity contribution in [2.45, 2.75) is 51.3 Å². The molecule has 5 nitrogen and oxygen atoms in total. The van der Waals surface area contributed by atoms with E-state index >= 15 is 0 Å². The SMILES string of the molecule is I.NC(=NCc1ccc(CN2CCC(O)CC2)cc1)Nc1ccc2c(c1)CCC2. The first kappa shape index (κ1) is 22.1. The van der Waals surface area contributed by atoms with Gasteiger partial charge in [-0.3, -0.25) is 4.90 Å². The first-order valence-corrected chi connectivity index (χ1v) is 10.3. The largest absolute Gasteiger partial charge is 0.393 e. The van der Waals surface area contributed by atoms with Crippen LogP contribution in [0, 0.1) is 0 Å². The molecule has 2 aliphatic rings. The van der Waals surface area contributed by atoms with Gasteiger partial charge in [0.15, 0.2) is 5.96 Å². The molecule has 6 heteroatoms. The zero-order chi connectivity index (χ0) is 19.3. The molecule has 1 aliphatic heterocycles. The van der Waals surface area contributed by atoms with Crippen LogP contribution in [-0.2, 0) is 25.9 Å². The number of aliphatic hydroxyl groups is 1. The lowest BCUT2D eigenvalue weighted by atomic mass is 10.1. The maximum absolute atomic E-state index is 9.61. The predicted molar refractivity (Wildman–Crippen MR) is 130 cm³/mol. The molecular formula is C23H31IN4O. The van der Waals surface area contributed by atoms with Crippen molar-refractivity contribution in [2.24, 2.45) is 10.7 Å². The van der Waals surface area contributed by atoms with Crippen molar-refractivity contribution in [2.75, 3.05) is 18.4 Å². The summed E-state index contributed by atoms with van der Waals surface area (Å²) in [6.45, 7) is 3.45. The lowest BCUT2D eigenvalue weighted by Gasteiger charge is -2.29. The van der Waals surface area contributed by atoms with Gasteiger partial charge < -0.3 is 16.2 Å². The average Bonchev–Trinajstić information content (AvgIpc) is 3.17. The molecule has 29 heavy (non-hydrogen) atoms. The van der Waals surface area contributed by atoms with E-state index in [9.17, 15) is 5.11 Å². The Morgan fingerprint density at radius 2 is 1.72 bits per heavy atom. The predicted octanol–water partition coefficient (Wildman–Crippen LogP) is 3.68. The maximum atomic E-state index is 9.61. The number of nitrogens with two attached hydrogens (primary N) is 1. The van der Waals surface area contributed by atoms with Crippen LogP contribution in [0.15, 0.2) is 47.5 Å². The van der Waals surface area contributed by atoms with Crippen molar-refractivity contribution in [1.29, 1.82) is 0 Å². The summed E-state index contributed by atoms with van der Waals surface area (Å²) >= 11 is 0. The molecule has 0 aromatic heterocycles. The van der Waals surface area contributed by atoms with Crippen LogP contribution < -0.4 is 11.1 Å². The zero-order valence-corrected chi connectivity index (χ0v) is 19.1. The number of halogens is 1. The van der Waals surface area contributed by atoms with Crippen LogP contribution in [0.3, 0.4) is 0 Å². The number of hydrogen-bond donors (Lipinski definition) is 3. The first-order valence-electron chi connectivity index (χ1n) is 10.3. The molecule has 0 spiro atoms. The number of likely N-dealkylation sites (tertiary alicyclic amines) is 1. The summed E-state index contributed by atoms with van der Waals surface area (Å²) in [7, 11) is 0. The molecule has 0 unspecified atom stereocenters. The van der Waals surface area contributed by atoms with Gasteiger partial charge in [-0.1, -0.05) is 30.3 Å². The fraction of sp³-hybridized carbons (Fsp3) is 0.435. The summed E-state index contributed by atoms with van der Waals surface area (Å²) in [4.78, 5) is 6.88. The Kier molecular flexibility index (Phi) is 7.91. The van der Waals surface area contributed by atoms with Gasteiger partial charge >= 0.3 is 0 Å². The molecule has 0 atom stereocenters. The number of guanidine groups is 1. The number of aliphatic imine (C=N–C) groups is 1. The van der Waals surface area contributed by atoms with E-state index < -0.39 is 0 Å². The van der Waals surface area contributed by atoms with Gasteiger partial charge in [0, 0.05) is 25.3 Å². The van der Waals surface area contributed by atoms with E-state index in [0.717, 1.165) is 50.1 Å². The molecule has 0 saturated carbocycles. The standard InChI is InChI=1S/C23H30N4O.HI/c24-23(26-21-9-8-19-2-1-3-20(19)14-21)25-15-17-4-6-18(7-5-17)16-27-12-10-22(28)11-13-27;/h4-9,14,22,28H,1-3,10-13,15-16H2,(H3,24,25,26);1H. The molecule has 0 radical (unpaired) electrons. The monoisotopic (exact) mass is 506 g/mol. The van der Waals surface area contributed by atoms with Crippen molar-refractivity contribution in [3.63, 3.8) is 0 Å². The Balaban J connectivity index is 0.00000240. The minimum absolute atomic E-state index is 0. The number of nitrogens with one attached hydrogen (secondary N) is 1. The normalized spacial score (nSPS) is 17.6. The molecule has 0 amide bonds. The van der Waals surface area contributed by atoms with Gasteiger partial charge in [-0.05, 0) is 66.5 Å². The van der Waals surface area contributed by atoms with E-state index in [0.29, 0.717) is 12.5 Å². The average molecular weight is 506 g/mol. The number of fused-ring (bicyclic) bond motifs is 1. The summed E-state index contributed by atoms with van der Waals surface area (Å²) in [5.41, 5.74) is 12.4. The van der Waals surface area contributed by atoms with E-state index in [-0.39, 0.29) is 30.1 Å². The molecule has 4 N–H and O–H groups in total. The van der Waals surface area contributed by atoms with Gasteiger partial charge in [-0.2, -0.15) is 0 Å². The lowest BCUT2D eigenvalue weighted by molar-refractivity contribution is 0.0792. The summed E-state index contributed by atoms with van der Waals surface area (Å²) in [5, 5.41) is 12.8. The van der Waals surface area contributed by atoms with Gasteiger partial charge in [0.2, 0.25) is 0 Å². The quantitative estimate of drug-likeness (QED) is 0.329. The minimum Gasteiger partial charge on any atom is -0.393 e. The van der Waals surface area contributed by atoms with Gasteiger partial charge in [-0.25, -0.2) is 4.99 Å². The second-order valence-electron chi connectivity index (χ2n) is 7.99. The molecule has 156 valence electrons. The summed E-state index contributed by atoms with van der Waals surface area (Å²) in [6.07, 6.45) is 5.23. The first-order chi connectivity index (χ1) is 13.7. The van der Waals surface area contributed by atoms with Gasteiger partial charge in [0.25, 0.3) is 0 Å². The van der Waals surface area contributed by atoms with E-state index in [1.165, 1.54) is 29.5 Å². The van der Waals surface area contributed by atoms with Crippen LogP contribution >= 0.6 is 24.0 Å². The summed E-state index contributed by atoms with van der Waals surface area (Å²) < 4.78 is 0. The summed E-state index contributed by atoms with van der Waals surface area (Å²) in [6, 6.07) is 15.1. The molecule has 1 fully saturated rings. The third-order valence-electron chi connectivity index (χ3n) is 5.79. The van der Waals surface area contributed by atoms with Gasteiger partial charge in [0.1, 0.15) is 0 Å². The van der Waals surface area contributed by atoms with Crippen molar-refractivity contribution < 1.29 is 5.11 Å². The van der Waals surface area contributed by atoms with E-state index in [1.54, 1.807) is 0 Å². The highest BCUT2D eigenvalue weighted by atomic mass is 127. The fourth-order valence-electron chi connectivity index (χ4n) is 4.10. The van der Waals surface area contributed by atoms with Gasteiger partial charge in [-0.15, -0.1) is 24.0 Å². The van der Waals surface area contributed by atoms with E-state index in [4.69, 9.17) is 5.73 Å². The van der Waals surface area contributed by atoms with Crippen LogP contribution in [0.1, 0.15) is 41.5 Å². The second kappa shape index (κ2) is 10.4. The number of hydrogen-bond acceptors (Lipinski definition) is 3. The Morgan fingerprint density at radius 1 is 1.03 bits per heavy atom. The Morgan fingerprint density at radius 3 is 2.48 bits per heavy atom. The summed E-state index contributed by atoms with van der Waals surface area (Å²) in [5.74, 6) is 0.453. The van der Waals surface area contributed by atoms with Crippen molar-refractivity contribution in [3.05, 3.63) is 64.7 Å². The maximum Gasteiger partial charge on any atom is 0.193 e. The number of anilines is 1. The second-order valence-corrected chi connectivity index (χ2v) is 7.99. The van der Waals surface area contributed by atoms with Crippen molar-refractivity contribution >= 4 is 35.6 Å². The van der Waals surface area contributed by atoms with Crippen LogP contribution in [0.25, 0.3) is 0 Å². The minimum atomic E-state index is -0.118. The smallest absolute Gasteiger partial charge is 0.193 e. The Labute approximate surface area is 190 Å². The number of aliphatic hydroxyl groups excluding tert-OH is 1. The van der Waals surface area contributed by atoms with Crippen LogP contribution in [-0.4, -0.2) is 35.2 Å². The van der Waals surface area contributed by atoms with Gasteiger partial charge in [0.05, 0.1) is 12.6 Å². The number of nitrogens with zero attached hydrogens (tertiary/aromatic N) is 2. The zero-order valence-electron chi connectivity index (χ0n) is 16.8. The molecular weight excluding hydrogens is 475 g/mol. The molecule has 1 aliphatic carbocycles. The molecule has 4 rings (SSSR count). The van der Waals surface area contributed by atoms with Crippen LogP contribution in [0.2, 0.25) is 0 Å². The van der Waals surface area contributed by atoms with Crippen LogP contribution in [0.5, 0.6) is 0 Å². The number of aryl methyl sites for hydroxylation is 2. The highest BCUT2D eigenvalue weighted by molar-refractivity contribution is 14.0. The van der Waals surface area contributed by atoms with Crippen molar-refractivity contribution in [1.82, 2.24) is 4.90 Å². The Bertz CT molecular complexity index is 829. The third kappa shape index (κ3) is 6.17. The number of piperidine rings is 1. The van der Waals surface area contributed by atoms with Crippen LogP contribution in [0.4, 0.5) is 5.69 Å². The lowest BCUT2D eigenvalue weighted by Crippen LogP contribution is -2.35. The van der Waals surface area contributed by atoms with E-state index in [2.05, 4.69) is 57.7 Å². The van der Waals surface area contributed by atoms with E-state index in [1.807, 2.05) is 0 Å². The number of benzene rings is 2. The molecule has 0 bridgehead atoms.